The molecule has 0 aliphatic rings. The van der Waals surface area contributed by atoms with E-state index in [-0.39, 0.29) is 10.8 Å². The fourth-order valence-corrected chi connectivity index (χ4v) is 2.52. The quantitative estimate of drug-likeness (QED) is 0.736. The fraction of sp³-hybridized carbons (Fsp3) is 0.400. The number of hydrogen-bond acceptors (Lipinski definition) is 1. The maximum atomic E-state index is 10.7. The lowest BCUT2D eigenvalue weighted by atomic mass is 9.78. The second kappa shape index (κ2) is 5.22. The molecule has 1 N–H and O–H groups in total. The lowest BCUT2D eigenvalue weighted by Gasteiger charge is -2.28. The molecule has 0 saturated heterocycles. The van der Waals surface area contributed by atoms with E-state index in [4.69, 9.17) is 0 Å². The van der Waals surface area contributed by atoms with Crippen LogP contribution in [0, 0.1) is 6.07 Å². The first-order valence-corrected chi connectivity index (χ1v) is 7.45. The van der Waals surface area contributed by atoms with Gasteiger partial charge in [-0.3, -0.25) is 0 Å². The Labute approximate surface area is 128 Å². The molecule has 2 aromatic rings. The van der Waals surface area contributed by atoms with E-state index in [0.29, 0.717) is 5.75 Å². The molecule has 1 heteroatoms. The van der Waals surface area contributed by atoms with E-state index in [1.54, 1.807) is 0 Å². The van der Waals surface area contributed by atoms with Gasteiger partial charge in [-0.15, -0.1) is 0 Å². The van der Waals surface area contributed by atoms with Crippen LogP contribution in [0.1, 0.15) is 52.7 Å². The van der Waals surface area contributed by atoms with Crippen molar-refractivity contribution in [2.45, 2.75) is 52.4 Å². The topological polar surface area (TPSA) is 20.2 Å². The van der Waals surface area contributed by atoms with Gasteiger partial charge in [-0.2, -0.15) is 0 Å². The molecule has 0 unspecified atom stereocenters. The number of phenolic OH excluding ortho intramolecular Hbond substituents is 1. The first-order chi connectivity index (χ1) is 9.60. The SMILES string of the molecule is CC(C)(C)c1cc(-c2cc[c]cc2)cc(C(C)(C)C)c1O. The largest absolute Gasteiger partial charge is 0.507 e. The van der Waals surface area contributed by atoms with Crippen molar-refractivity contribution in [3.8, 4) is 16.9 Å². The van der Waals surface area contributed by atoms with Crippen LogP contribution in [0.5, 0.6) is 5.75 Å². The van der Waals surface area contributed by atoms with E-state index in [9.17, 15) is 5.11 Å². The maximum absolute atomic E-state index is 10.7. The number of hydrogen-bond donors (Lipinski definition) is 1. The first kappa shape index (κ1) is 15.6. The number of rotatable bonds is 1. The van der Waals surface area contributed by atoms with Gasteiger partial charge in [0.2, 0.25) is 0 Å². The molecular formula is C20H25O. The van der Waals surface area contributed by atoms with Gasteiger partial charge in [-0.05, 0) is 40.2 Å². The summed E-state index contributed by atoms with van der Waals surface area (Å²) in [6.45, 7) is 12.8. The van der Waals surface area contributed by atoms with Crippen molar-refractivity contribution >= 4 is 0 Å². The summed E-state index contributed by atoms with van der Waals surface area (Å²) >= 11 is 0. The van der Waals surface area contributed by atoms with Crippen molar-refractivity contribution in [1.29, 1.82) is 0 Å². The molecule has 0 heterocycles. The number of phenols is 1. The zero-order valence-corrected chi connectivity index (χ0v) is 13.9. The normalized spacial score (nSPS) is 12.5. The van der Waals surface area contributed by atoms with Crippen molar-refractivity contribution in [3.63, 3.8) is 0 Å². The second-order valence-electron chi connectivity index (χ2n) is 7.71. The van der Waals surface area contributed by atoms with Gasteiger partial charge in [-0.25, -0.2) is 0 Å². The third kappa shape index (κ3) is 3.29. The van der Waals surface area contributed by atoms with Gasteiger partial charge in [-0.1, -0.05) is 65.8 Å². The highest BCUT2D eigenvalue weighted by molar-refractivity contribution is 5.68. The van der Waals surface area contributed by atoms with Crippen LogP contribution in [-0.2, 0) is 10.8 Å². The lowest BCUT2D eigenvalue weighted by Crippen LogP contribution is -2.17. The average Bonchev–Trinajstić information content (AvgIpc) is 2.37. The molecule has 0 aliphatic carbocycles. The predicted molar refractivity (Wildman–Crippen MR) is 89.8 cm³/mol. The van der Waals surface area contributed by atoms with Gasteiger partial charge in [0.1, 0.15) is 5.75 Å². The maximum Gasteiger partial charge on any atom is 0.123 e. The third-order valence-corrected chi connectivity index (χ3v) is 3.78. The van der Waals surface area contributed by atoms with Crippen LogP contribution in [0.15, 0.2) is 36.4 Å². The minimum Gasteiger partial charge on any atom is -0.507 e. The Morgan fingerprint density at radius 2 is 1.19 bits per heavy atom. The van der Waals surface area contributed by atoms with E-state index >= 15 is 0 Å². The Hall–Kier alpha value is -1.76. The van der Waals surface area contributed by atoms with E-state index < -0.39 is 0 Å². The molecule has 0 atom stereocenters. The Bertz CT molecular complexity index is 590. The van der Waals surface area contributed by atoms with Crippen LogP contribution in [0.2, 0.25) is 0 Å². The van der Waals surface area contributed by atoms with Crippen LogP contribution in [0.25, 0.3) is 11.1 Å². The summed E-state index contributed by atoms with van der Waals surface area (Å²) < 4.78 is 0. The van der Waals surface area contributed by atoms with Gasteiger partial charge in [0.05, 0.1) is 0 Å². The Morgan fingerprint density at radius 1 is 0.762 bits per heavy atom. The van der Waals surface area contributed by atoms with E-state index in [2.05, 4.69) is 71.9 Å². The highest BCUT2D eigenvalue weighted by atomic mass is 16.3. The summed E-state index contributed by atoms with van der Waals surface area (Å²) in [5, 5.41) is 10.7. The Kier molecular flexibility index (Phi) is 3.88. The molecule has 1 nitrogen and oxygen atoms in total. The zero-order chi connectivity index (χ0) is 15.8. The Morgan fingerprint density at radius 3 is 1.57 bits per heavy atom. The smallest absolute Gasteiger partial charge is 0.123 e. The highest BCUT2D eigenvalue weighted by Gasteiger charge is 2.26. The molecule has 0 amide bonds. The zero-order valence-electron chi connectivity index (χ0n) is 13.9. The van der Waals surface area contributed by atoms with Crippen LogP contribution >= 0.6 is 0 Å². The third-order valence-electron chi connectivity index (χ3n) is 3.78. The molecule has 2 rings (SSSR count). The summed E-state index contributed by atoms with van der Waals surface area (Å²) in [5.74, 6) is 0.432. The highest BCUT2D eigenvalue weighted by Crippen LogP contribution is 2.41. The van der Waals surface area contributed by atoms with Crippen molar-refractivity contribution in [2.75, 3.05) is 0 Å². The van der Waals surface area contributed by atoms with E-state index in [1.165, 1.54) is 0 Å². The fourth-order valence-electron chi connectivity index (χ4n) is 2.52. The molecule has 21 heavy (non-hydrogen) atoms. The van der Waals surface area contributed by atoms with Crippen LogP contribution in [0.4, 0.5) is 0 Å². The van der Waals surface area contributed by atoms with Gasteiger partial charge in [0.25, 0.3) is 0 Å². The van der Waals surface area contributed by atoms with Crippen molar-refractivity contribution in [1.82, 2.24) is 0 Å². The number of benzene rings is 2. The molecule has 0 spiro atoms. The first-order valence-electron chi connectivity index (χ1n) is 7.45. The molecule has 1 radical (unpaired) electrons. The molecule has 0 bridgehead atoms. The molecule has 2 aromatic carbocycles. The van der Waals surface area contributed by atoms with Crippen molar-refractivity contribution < 1.29 is 5.11 Å². The van der Waals surface area contributed by atoms with Gasteiger partial charge in [0.15, 0.2) is 0 Å². The van der Waals surface area contributed by atoms with Crippen LogP contribution in [0.3, 0.4) is 0 Å². The second-order valence-corrected chi connectivity index (χ2v) is 7.71. The molecule has 0 fully saturated rings. The summed E-state index contributed by atoms with van der Waals surface area (Å²) in [5.41, 5.74) is 4.11. The lowest BCUT2D eigenvalue weighted by molar-refractivity contribution is 0.423. The molecular weight excluding hydrogens is 256 g/mol. The summed E-state index contributed by atoms with van der Waals surface area (Å²) in [4.78, 5) is 0. The minimum atomic E-state index is -0.0962. The van der Waals surface area contributed by atoms with Crippen molar-refractivity contribution in [2.24, 2.45) is 0 Å². The summed E-state index contributed by atoms with van der Waals surface area (Å²) in [6.07, 6.45) is 0. The molecule has 111 valence electrons. The number of aromatic hydroxyl groups is 1. The van der Waals surface area contributed by atoms with Crippen LogP contribution < -0.4 is 0 Å². The Balaban J connectivity index is 2.75. The predicted octanol–water partition coefficient (Wildman–Crippen LogP) is 5.45. The van der Waals surface area contributed by atoms with E-state index in [0.717, 1.165) is 22.3 Å². The van der Waals surface area contributed by atoms with Crippen LogP contribution in [-0.4, -0.2) is 5.11 Å². The molecule has 0 saturated carbocycles. The van der Waals surface area contributed by atoms with E-state index in [1.807, 2.05) is 12.1 Å². The molecule has 0 aromatic heterocycles. The summed E-state index contributed by atoms with van der Waals surface area (Å²) in [6, 6.07) is 15.3. The average molecular weight is 281 g/mol. The molecule has 0 aliphatic heterocycles. The summed E-state index contributed by atoms with van der Waals surface area (Å²) in [7, 11) is 0. The monoisotopic (exact) mass is 281 g/mol. The van der Waals surface area contributed by atoms with Crippen molar-refractivity contribution in [3.05, 3.63) is 53.6 Å². The van der Waals surface area contributed by atoms with Gasteiger partial charge >= 0.3 is 0 Å². The minimum absolute atomic E-state index is 0.0962. The van der Waals surface area contributed by atoms with Gasteiger partial charge in [0, 0.05) is 11.1 Å². The standard InChI is InChI=1S/C20H25O/c1-19(2,3)16-12-15(14-10-8-7-9-11-14)13-17(18(16)21)20(4,5)6/h8-13,21H,1-6H3. The van der Waals surface area contributed by atoms with Gasteiger partial charge < -0.3 is 5.11 Å².